The Labute approximate surface area is 136 Å². The number of ether oxygens (including phenoxy) is 2. The predicted molar refractivity (Wildman–Crippen MR) is 83.7 cm³/mol. The first-order valence-electron chi connectivity index (χ1n) is 8.43. The van der Waals surface area contributed by atoms with Crippen molar-refractivity contribution < 1.29 is 14.3 Å². The molecule has 1 aromatic heterocycles. The van der Waals surface area contributed by atoms with Gasteiger partial charge in [0.15, 0.2) is 0 Å². The number of hydrogen-bond donors (Lipinski definition) is 0. The second kappa shape index (κ2) is 6.55. The number of likely N-dealkylation sites (tertiary alicyclic amines) is 1. The van der Waals surface area contributed by atoms with E-state index < -0.39 is 0 Å². The van der Waals surface area contributed by atoms with Gasteiger partial charge in [-0.15, -0.1) is 0 Å². The topological polar surface area (TPSA) is 54.9 Å². The van der Waals surface area contributed by atoms with Crippen molar-refractivity contribution in [1.29, 1.82) is 0 Å². The maximum absolute atomic E-state index is 12.8. The van der Waals surface area contributed by atoms with Crippen LogP contribution in [-0.4, -0.2) is 72.3 Å². The number of hydrogen-bond acceptors (Lipinski definition) is 5. The Balaban J connectivity index is 1.39. The van der Waals surface area contributed by atoms with Crippen LogP contribution in [0, 0.1) is 5.92 Å². The molecule has 0 radical (unpaired) electrons. The molecule has 2 bridgehead atoms. The largest absolute Gasteiger partial charge is 0.378 e. The predicted octanol–water partition coefficient (Wildman–Crippen LogP) is 0.530. The average molecular weight is 317 g/mol. The van der Waals surface area contributed by atoms with Gasteiger partial charge in [-0.25, -0.2) is 0 Å². The summed E-state index contributed by atoms with van der Waals surface area (Å²) in [6.45, 7) is 5.34. The fraction of sp³-hybridized carbons (Fsp3) is 0.647. The highest BCUT2D eigenvalue weighted by molar-refractivity contribution is 5.80. The van der Waals surface area contributed by atoms with Crippen LogP contribution in [0.5, 0.6) is 0 Å². The molecule has 23 heavy (non-hydrogen) atoms. The number of carbonyl (C=O) groups is 1. The standard InChI is InChI=1S/C17H23N3O3/c21-17(20-4-6-22-7-5-20)15-8-14-11-19(12-16(15)23-14)10-13-2-1-3-18-9-13/h1-3,9,14-16H,4-8,10-12H2/t14-,15+,16-/m0/s1. The zero-order valence-corrected chi connectivity index (χ0v) is 13.3. The van der Waals surface area contributed by atoms with E-state index >= 15 is 0 Å². The lowest BCUT2D eigenvalue weighted by molar-refractivity contribution is -0.142. The lowest BCUT2D eigenvalue weighted by Gasteiger charge is -2.34. The third kappa shape index (κ3) is 3.24. The summed E-state index contributed by atoms with van der Waals surface area (Å²) in [5.41, 5.74) is 1.21. The molecule has 6 heteroatoms. The summed E-state index contributed by atoms with van der Waals surface area (Å²) in [7, 11) is 0. The molecule has 4 rings (SSSR count). The van der Waals surface area contributed by atoms with E-state index in [0.29, 0.717) is 26.3 Å². The van der Waals surface area contributed by atoms with Gasteiger partial charge in [0, 0.05) is 45.1 Å². The summed E-state index contributed by atoms with van der Waals surface area (Å²) in [6, 6.07) is 4.07. The second-order valence-electron chi connectivity index (χ2n) is 6.63. The molecule has 0 unspecified atom stereocenters. The van der Waals surface area contributed by atoms with Gasteiger partial charge < -0.3 is 14.4 Å². The smallest absolute Gasteiger partial charge is 0.228 e. The Morgan fingerprint density at radius 3 is 2.96 bits per heavy atom. The van der Waals surface area contributed by atoms with E-state index in [1.807, 2.05) is 17.2 Å². The maximum Gasteiger partial charge on any atom is 0.228 e. The Hall–Kier alpha value is -1.50. The van der Waals surface area contributed by atoms with Crippen molar-refractivity contribution in [3.05, 3.63) is 30.1 Å². The van der Waals surface area contributed by atoms with Crippen molar-refractivity contribution in [2.24, 2.45) is 5.92 Å². The molecule has 3 aliphatic rings. The minimum absolute atomic E-state index is 0.0111. The Bertz CT molecular complexity index is 547. The number of nitrogens with zero attached hydrogens (tertiary/aromatic N) is 3. The normalized spacial score (nSPS) is 31.3. The van der Waals surface area contributed by atoms with Crippen LogP contribution in [0.2, 0.25) is 0 Å². The minimum Gasteiger partial charge on any atom is -0.378 e. The van der Waals surface area contributed by atoms with Crippen molar-refractivity contribution in [1.82, 2.24) is 14.8 Å². The summed E-state index contributed by atoms with van der Waals surface area (Å²) in [6.07, 6.45) is 4.77. The summed E-state index contributed by atoms with van der Waals surface area (Å²) >= 11 is 0. The van der Waals surface area contributed by atoms with Crippen LogP contribution in [0.4, 0.5) is 0 Å². The summed E-state index contributed by atoms with van der Waals surface area (Å²) in [5.74, 6) is 0.265. The van der Waals surface area contributed by atoms with Gasteiger partial charge in [0.2, 0.25) is 5.91 Å². The summed E-state index contributed by atoms with van der Waals surface area (Å²) < 4.78 is 11.4. The van der Waals surface area contributed by atoms with E-state index in [1.54, 1.807) is 6.20 Å². The van der Waals surface area contributed by atoms with Crippen LogP contribution in [0.15, 0.2) is 24.5 Å². The molecule has 3 atom stereocenters. The highest BCUT2D eigenvalue weighted by atomic mass is 16.5. The first-order valence-corrected chi connectivity index (χ1v) is 8.43. The molecule has 0 aliphatic carbocycles. The molecular weight excluding hydrogens is 294 g/mol. The average Bonchev–Trinajstić information content (AvgIpc) is 2.90. The molecule has 0 aromatic carbocycles. The van der Waals surface area contributed by atoms with E-state index in [9.17, 15) is 4.79 Å². The monoisotopic (exact) mass is 317 g/mol. The molecule has 124 valence electrons. The number of pyridine rings is 1. The SMILES string of the molecule is O=C([C@@H]1C[C@H]2CN(Cc3cccnc3)C[C@@H]1O2)N1CCOCC1. The van der Waals surface area contributed by atoms with Crippen LogP contribution < -0.4 is 0 Å². The van der Waals surface area contributed by atoms with Gasteiger partial charge in [0.25, 0.3) is 0 Å². The van der Waals surface area contributed by atoms with Gasteiger partial charge in [0.1, 0.15) is 0 Å². The maximum atomic E-state index is 12.8. The van der Waals surface area contributed by atoms with Gasteiger partial charge in [-0.2, -0.15) is 0 Å². The van der Waals surface area contributed by atoms with Crippen LogP contribution >= 0.6 is 0 Å². The number of carbonyl (C=O) groups excluding carboxylic acids is 1. The third-order valence-electron chi connectivity index (χ3n) is 5.00. The Kier molecular flexibility index (Phi) is 4.29. The molecule has 1 aromatic rings. The lowest BCUT2D eigenvalue weighted by Crippen LogP contribution is -2.48. The van der Waals surface area contributed by atoms with E-state index in [0.717, 1.165) is 26.1 Å². The highest BCUT2D eigenvalue weighted by Crippen LogP contribution is 2.33. The molecule has 3 saturated heterocycles. The van der Waals surface area contributed by atoms with E-state index in [2.05, 4.69) is 16.0 Å². The minimum atomic E-state index is 0.0111. The summed E-state index contributed by atoms with van der Waals surface area (Å²) in [4.78, 5) is 21.3. The molecule has 3 aliphatic heterocycles. The van der Waals surface area contributed by atoms with Crippen LogP contribution in [0.3, 0.4) is 0 Å². The lowest BCUT2D eigenvalue weighted by atomic mass is 9.98. The van der Waals surface area contributed by atoms with Crippen molar-refractivity contribution >= 4 is 5.91 Å². The number of aromatic nitrogens is 1. The molecule has 3 fully saturated rings. The van der Waals surface area contributed by atoms with Crippen molar-refractivity contribution in [3.8, 4) is 0 Å². The first kappa shape index (κ1) is 15.1. The van der Waals surface area contributed by atoms with Crippen molar-refractivity contribution in [3.63, 3.8) is 0 Å². The second-order valence-corrected chi connectivity index (χ2v) is 6.63. The van der Waals surface area contributed by atoms with Gasteiger partial charge in [-0.3, -0.25) is 14.7 Å². The van der Waals surface area contributed by atoms with Crippen molar-refractivity contribution in [2.45, 2.75) is 25.2 Å². The molecular formula is C17H23N3O3. The van der Waals surface area contributed by atoms with Gasteiger partial charge in [0.05, 0.1) is 31.3 Å². The first-order chi connectivity index (χ1) is 11.3. The van der Waals surface area contributed by atoms with Crippen molar-refractivity contribution in [2.75, 3.05) is 39.4 Å². The van der Waals surface area contributed by atoms with Gasteiger partial charge in [-0.05, 0) is 18.1 Å². The van der Waals surface area contributed by atoms with Crippen LogP contribution in [0.25, 0.3) is 0 Å². The number of amides is 1. The Morgan fingerprint density at radius 2 is 2.17 bits per heavy atom. The van der Waals surface area contributed by atoms with Crippen LogP contribution in [0.1, 0.15) is 12.0 Å². The fourth-order valence-electron chi connectivity index (χ4n) is 3.89. The van der Waals surface area contributed by atoms with E-state index in [-0.39, 0.29) is 24.0 Å². The Morgan fingerprint density at radius 1 is 1.30 bits per heavy atom. The fourth-order valence-corrected chi connectivity index (χ4v) is 3.89. The highest BCUT2D eigenvalue weighted by Gasteiger charge is 2.45. The van der Waals surface area contributed by atoms with Gasteiger partial charge >= 0.3 is 0 Å². The van der Waals surface area contributed by atoms with E-state index in [4.69, 9.17) is 9.47 Å². The molecule has 0 spiro atoms. The zero-order chi connectivity index (χ0) is 15.6. The third-order valence-corrected chi connectivity index (χ3v) is 5.00. The molecule has 6 nitrogen and oxygen atoms in total. The quantitative estimate of drug-likeness (QED) is 0.814. The number of fused-ring (bicyclic) bond motifs is 2. The molecule has 1 amide bonds. The van der Waals surface area contributed by atoms with E-state index in [1.165, 1.54) is 5.56 Å². The number of morpholine rings is 2. The molecule has 0 saturated carbocycles. The van der Waals surface area contributed by atoms with Gasteiger partial charge in [-0.1, -0.05) is 6.07 Å². The zero-order valence-electron chi connectivity index (χ0n) is 13.3. The summed E-state index contributed by atoms with van der Waals surface area (Å²) in [5, 5.41) is 0. The number of rotatable bonds is 3. The molecule has 4 heterocycles. The molecule has 0 N–H and O–H groups in total. The van der Waals surface area contributed by atoms with Crippen LogP contribution in [-0.2, 0) is 20.8 Å².